The maximum Gasteiger partial charge on any atom is 0.129 e. The van der Waals surface area contributed by atoms with Gasteiger partial charge in [0, 0.05) is 29.3 Å². The molecule has 0 aliphatic rings. The Labute approximate surface area is 115 Å². The first-order valence-corrected chi connectivity index (χ1v) is 6.90. The molecule has 0 heterocycles. The molecule has 0 saturated heterocycles. The van der Waals surface area contributed by atoms with Crippen molar-refractivity contribution >= 4 is 27.3 Å². The van der Waals surface area contributed by atoms with E-state index in [4.69, 9.17) is 0 Å². The van der Waals surface area contributed by atoms with Crippen LogP contribution in [-0.2, 0) is 5.33 Å². The lowest BCUT2D eigenvalue weighted by Crippen LogP contribution is -2.13. The van der Waals surface area contributed by atoms with Crippen LogP contribution in [-0.4, -0.2) is 7.05 Å². The van der Waals surface area contributed by atoms with E-state index in [1.54, 1.807) is 6.07 Å². The normalized spacial score (nSPS) is 10.4. The van der Waals surface area contributed by atoms with E-state index in [9.17, 15) is 4.39 Å². The van der Waals surface area contributed by atoms with Crippen LogP contribution < -0.4 is 4.90 Å². The number of halogens is 2. The van der Waals surface area contributed by atoms with E-state index < -0.39 is 0 Å². The third-order valence-electron chi connectivity index (χ3n) is 3.07. The summed E-state index contributed by atoms with van der Waals surface area (Å²) >= 11 is 3.35. The quantitative estimate of drug-likeness (QED) is 0.736. The predicted octanol–water partition coefficient (Wildman–Crippen LogP) is 4.80. The summed E-state index contributed by atoms with van der Waals surface area (Å²) in [5.41, 5.74) is 3.83. The van der Waals surface area contributed by atoms with Gasteiger partial charge in [-0.05, 0) is 30.7 Å². The van der Waals surface area contributed by atoms with Gasteiger partial charge in [-0.25, -0.2) is 4.39 Å². The Bertz CT molecular complexity index is 554. The Kier molecular flexibility index (Phi) is 4.02. The van der Waals surface area contributed by atoms with Crippen LogP contribution in [0.4, 0.5) is 15.8 Å². The standard InChI is InChI=1S/C15H15BrFN/c1-11-6-3-4-8-14(11)18(2)15-9-5-7-13(17)12(15)10-16/h3-9H,10H2,1-2H3. The van der Waals surface area contributed by atoms with Crippen molar-refractivity contribution in [1.82, 2.24) is 0 Å². The molecule has 2 aromatic rings. The Morgan fingerprint density at radius 2 is 1.72 bits per heavy atom. The van der Waals surface area contributed by atoms with Crippen molar-refractivity contribution in [1.29, 1.82) is 0 Å². The average Bonchev–Trinajstić information content (AvgIpc) is 2.38. The van der Waals surface area contributed by atoms with Gasteiger partial charge in [-0.2, -0.15) is 0 Å². The van der Waals surface area contributed by atoms with E-state index >= 15 is 0 Å². The van der Waals surface area contributed by atoms with E-state index in [1.165, 1.54) is 11.6 Å². The summed E-state index contributed by atoms with van der Waals surface area (Å²) in [6, 6.07) is 13.3. The molecule has 0 amide bonds. The summed E-state index contributed by atoms with van der Waals surface area (Å²) in [5, 5.41) is 0.505. The van der Waals surface area contributed by atoms with Gasteiger partial charge in [0.05, 0.1) is 0 Å². The largest absolute Gasteiger partial charge is 0.344 e. The van der Waals surface area contributed by atoms with Gasteiger partial charge in [-0.1, -0.05) is 40.2 Å². The number of hydrogen-bond acceptors (Lipinski definition) is 1. The smallest absolute Gasteiger partial charge is 0.129 e. The van der Waals surface area contributed by atoms with Crippen molar-refractivity contribution in [3.8, 4) is 0 Å². The summed E-state index contributed by atoms with van der Waals surface area (Å²) in [5.74, 6) is -0.176. The number of alkyl halides is 1. The zero-order valence-corrected chi connectivity index (χ0v) is 12.0. The summed E-state index contributed by atoms with van der Waals surface area (Å²) in [4.78, 5) is 2.02. The van der Waals surface area contributed by atoms with Gasteiger partial charge in [-0.15, -0.1) is 0 Å². The van der Waals surface area contributed by atoms with Gasteiger partial charge in [0.15, 0.2) is 0 Å². The summed E-state index contributed by atoms with van der Waals surface area (Å²) in [6.45, 7) is 2.05. The van der Waals surface area contributed by atoms with Crippen LogP contribution >= 0.6 is 15.9 Å². The molecule has 0 atom stereocenters. The Hall–Kier alpha value is -1.35. The molecule has 2 rings (SSSR count). The topological polar surface area (TPSA) is 3.24 Å². The SMILES string of the molecule is Cc1ccccc1N(C)c1cccc(F)c1CBr. The molecular formula is C15H15BrFN. The van der Waals surface area contributed by atoms with Crippen molar-refractivity contribution in [2.75, 3.05) is 11.9 Å². The van der Waals surface area contributed by atoms with Crippen LogP contribution in [0, 0.1) is 12.7 Å². The second-order valence-corrected chi connectivity index (χ2v) is 4.78. The molecule has 0 aliphatic heterocycles. The van der Waals surface area contributed by atoms with Crippen LogP contribution in [0.5, 0.6) is 0 Å². The molecule has 94 valence electrons. The first kappa shape index (κ1) is 13.1. The summed E-state index contributed by atoms with van der Waals surface area (Å²) in [7, 11) is 1.96. The van der Waals surface area contributed by atoms with E-state index in [1.807, 2.05) is 36.2 Å². The van der Waals surface area contributed by atoms with Gasteiger partial charge in [0.2, 0.25) is 0 Å². The third-order valence-corrected chi connectivity index (χ3v) is 3.63. The predicted molar refractivity (Wildman–Crippen MR) is 78.3 cm³/mol. The number of benzene rings is 2. The number of aryl methyl sites for hydroxylation is 1. The number of anilines is 2. The zero-order chi connectivity index (χ0) is 13.1. The lowest BCUT2D eigenvalue weighted by atomic mass is 10.1. The fraction of sp³-hybridized carbons (Fsp3) is 0.200. The van der Waals surface area contributed by atoms with Crippen LogP contribution in [0.25, 0.3) is 0 Å². The minimum absolute atomic E-state index is 0.176. The molecule has 0 aliphatic carbocycles. The molecule has 0 unspecified atom stereocenters. The minimum atomic E-state index is -0.176. The second-order valence-electron chi connectivity index (χ2n) is 4.22. The van der Waals surface area contributed by atoms with Gasteiger partial charge in [0.25, 0.3) is 0 Å². The fourth-order valence-electron chi connectivity index (χ4n) is 2.06. The molecule has 2 aromatic carbocycles. The van der Waals surface area contributed by atoms with E-state index in [-0.39, 0.29) is 5.82 Å². The third kappa shape index (κ3) is 2.41. The molecule has 3 heteroatoms. The molecule has 0 spiro atoms. The fourth-order valence-corrected chi connectivity index (χ4v) is 2.62. The summed E-state index contributed by atoms with van der Waals surface area (Å²) < 4.78 is 13.8. The minimum Gasteiger partial charge on any atom is -0.344 e. The van der Waals surface area contributed by atoms with Gasteiger partial charge < -0.3 is 4.90 Å². The highest BCUT2D eigenvalue weighted by Gasteiger charge is 2.13. The maximum atomic E-state index is 13.8. The Balaban J connectivity index is 2.50. The molecule has 0 aromatic heterocycles. The lowest BCUT2D eigenvalue weighted by Gasteiger charge is -2.24. The van der Waals surface area contributed by atoms with Crippen molar-refractivity contribution in [3.05, 3.63) is 59.4 Å². The van der Waals surface area contributed by atoms with Crippen LogP contribution in [0.2, 0.25) is 0 Å². The van der Waals surface area contributed by atoms with Crippen molar-refractivity contribution in [2.24, 2.45) is 0 Å². The van der Waals surface area contributed by atoms with E-state index in [0.29, 0.717) is 10.9 Å². The van der Waals surface area contributed by atoms with Gasteiger partial charge in [0.1, 0.15) is 5.82 Å². The molecule has 1 nitrogen and oxygen atoms in total. The molecule has 0 N–H and O–H groups in total. The number of para-hydroxylation sites is 1. The number of nitrogens with zero attached hydrogens (tertiary/aromatic N) is 1. The van der Waals surface area contributed by atoms with Crippen molar-refractivity contribution < 1.29 is 4.39 Å². The number of rotatable bonds is 3. The van der Waals surface area contributed by atoms with Gasteiger partial charge >= 0.3 is 0 Å². The molecule has 0 saturated carbocycles. The first-order valence-electron chi connectivity index (χ1n) is 5.78. The Morgan fingerprint density at radius 1 is 1.06 bits per heavy atom. The molecule has 0 fully saturated rings. The van der Waals surface area contributed by atoms with Crippen molar-refractivity contribution in [2.45, 2.75) is 12.3 Å². The molecule has 0 bridgehead atoms. The monoisotopic (exact) mass is 307 g/mol. The maximum absolute atomic E-state index is 13.8. The molecule has 18 heavy (non-hydrogen) atoms. The number of hydrogen-bond donors (Lipinski definition) is 0. The molecule has 0 radical (unpaired) electrons. The highest BCUT2D eigenvalue weighted by Crippen LogP contribution is 2.31. The van der Waals surface area contributed by atoms with Crippen molar-refractivity contribution in [3.63, 3.8) is 0 Å². The second kappa shape index (κ2) is 5.53. The van der Waals surface area contributed by atoms with Gasteiger partial charge in [-0.3, -0.25) is 0 Å². The van der Waals surface area contributed by atoms with Crippen LogP contribution in [0.1, 0.15) is 11.1 Å². The van der Waals surface area contributed by atoms with E-state index in [2.05, 4.69) is 28.9 Å². The summed E-state index contributed by atoms with van der Waals surface area (Å²) in [6.07, 6.45) is 0. The highest BCUT2D eigenvalue weighted by molar-refractivity contribution is 9.08. The zero-order valence-electron chi connectivity index (χ0n) is 10.5. The highest BCUT2D eigenvalue weighted by atomic mass is 79.9. The lowest BCUT2D eigenvalue weighted by molar-refractivity contribution is 0.617. The first-order chi connectivity index (χ1) is 8.65. The molecular weight excluding hydrogens is 293 g/mol. The van der Waals surface area contributed by atoms with E-state index in [0.717, 1.165) is 11.4 Å². The van der Waals surface area contributed by atoms with Crippen LogP contribution in [0.15, 0.2) is 42.5 Å². The van der Waals surface area contributed by atoms with Crippen LogP contribution in [0.3, 0.4) is 0 Å². The Morgan fingerprint density at radius 3 is 2.39 bits per heavy atom. The average molecular weight is 308 g/mol.